The van der Waals surface area contributed by atoms with Crippen LogP contribution in [0.4, 0.5) is 17.8 Å². The van der Waals surface area contributed by atoms with Crippen LogP contribution in [0, 0.1) is 0 Å². The Morgan fingerprint density at radius 3 is 0.909 bits per heavy atom. The second-order valence-corrected chi connectivity index (χ2v) is 15.7. The van der Waals surface area contributed by atoms with Crippen molar-refractivity contribution in [2.45, 2.75) is 79.1 Å². The molecular formula is C48H69N9O9. The van der Waals surface area contributed by atoms with Crippen molar-refractivity contribution in [1.82, 2.24) is 30.1 Å². The third kappa shape index (κ3) is 20.6. The van der Waals surface area contributed by atoms with Gasteiger partial charge in [0, 0.05) is 81.4 Å². The summed E-state index contributed by atoms with van der Waals surface area (Å²) in [4.78, 5) is 73.4. The number of anilines is 3. The first-order valence-electron chi connectivity index (χ1n) is 22.5. The molecule has 18 nitrogen and oxygen atoms in total. The van der Waals surface area contributed by atoms with Crippen LogP contribution in [0.2, 0.25) is 0 Å². The molecule has 1 aromatic heterocycles. The summed E-state index contributed by atoms with van der Waals surface area (Å²) in [5.74, 6) is 0.727. The Balaban J connectivity index is 1.26. The molecule has 0 spiro atoms. The van der Waals surface area contributed by atoms with Crippen molar-refractivity contribution < 1.29 is 43.1 Å². The van der Waals surface area contributed by atoms with Crippen LogP contribution >= 0.6 is 0 Å². The molecule has 4 rings (SSSR count). The molecule has 0 radical (unpaired) electrons. The normalized spacial score (nSPS) is 11.0. The molecule has 360 valence electrons. The monoisotopic (exact) mass is 916 g/mol. The maximum Gasteiger partial charge on any atom is 0.243 e. The van der Waals surface area contributed by atoms with E-state index in [9.17, 15) is 14.4 Å². The summed E-state index contributed by atoms with van der Waals surface area (Å²) in [6.45, 7) is 8.77. The molecule has 0 fully saturated rings. The average Bonchev–Trinajstić information content (AvgIpc) is 3.32. The van der Waals surface area contributed by atoms with E-state index in [1.165, 1.54) is 36.0 Å². The second kappa shape index (κ2) is 30.4. The largest absolute Gasteiger partial charge is 0.361 e. The van der Waals surface area contributed by atoms with Crippen LogP contribution in [-0.2, 0) is 62.9 Å². The molecule has 0 N–H and O–H groups in total. The highest BCUT2D eigenvalue weighted by Gasteiger charge is 2.18. The highest BCUT2D eigenvalue weighted by atomic mass is 16.7. The molecule has 0 bridgehead atoms. The molecule has 0 aliphatic carbocycles. The minimum absolute atomic E-state index is 0.152. The zero-order valence-electron chi connectivity index (χ0n) is 39.6. The van der Waals surface area contributed by atoms with Gasteiger partial charge in [-0.25, -0.2) is 15.2 Å². The summed E-state index contributed by atoms with van der Waals surface area (Å²) in [5, 5.41) is 4.18. The number of benzene rings is 3. The van der Waals surface area contributed by atoms with E-state index in [0.29, 0.717) is 116 Å². The van der Waals surface area contributed by atoms with E-state index in [4.69, 9.17) is 43.7 Å². The SMILES string of the molecule is CC(=O)N(CCCCOCN(C)c1nc(N(C)COCCCCN(OCc2ccccc2)C(C)=O)nc(N(C)COCCCCN(OCc2ccccc2)C(C)=O)n1)OCc1ccccc1. The highest BCUT2D eigenvalue weighted by Crippen LogP contribution is 2.18. The minimum Gasteiger partial charge on any atom is -0.361 e. The van der Waals surface area contributed by atoms with Crippen LogP contribution in [0.1, 0.15) is 76.0 Å². The Kier molecular flexibility index (Phi) is 24.4. The number of hydrogen-bond acceptors (Lipinski definition) is 15. The van der Waals surface area contributed by atoms with Crippen LogP contribution < -0.4 is 14.7 Å². The number of carbonyl (C=O) groups excluding carboxylic acids is 3. The topological polar surface area (TPSA) is 165 Å². The second-order valence-electron chi connectivity index (χ2n) is 15.7. The smallest absolute Gasteiger partial charge is 0.243 e. The lowest BCUT2D eigenvalue weighted by atomic mass is 10.2. The molecule has 4 aromatic rings. The fourth-order valence-electron chi connectivity index (χ4n) is 6.13. The van der Waals surface area contributed by atoms with Gasteiger partial charge in [-0.05, 0) is 55.2 Å². The lowest BCUT2D eigenvalue weighted by Crippen LogP contribution is -2.31. The first-order chi connectivity index (χ1) is 32.0. The van der Waals surface area contributed by atoms with Gasteiger partial charge in [-0.1, -0.05) is 91.0 Å². The van der Waals surface area contributed by atoms with E-state index >= 15 is 0 Å². The van der Waals surface area contributed by atoms with Gasteiger partial charge in [-0.2, -0.15) is 15.0 Å². The van der Waals surface area contributed by atoms with Gasteiger partial charge in [0.15, 0.2) is 0 Å². The molecule has 1 heterocycles. The summed E-state index contributed by atoms with van der Waals surface area (Å²) in [5.41, 5.74) is 2.97. The maximum absolute atomic E-state index is 12.2. The molecule has 3 aromatic carbocycles. The van der Waals surface area contributed by atoms with E-state index in [1.54, 1.807) is 14.7 Å². The number of hydrogen-bond donors (Lipinski definition) is 0. The Labute approximate surface area is 390 Å². The molecule has 0 saturated carbocycles. The van der Waals surface area contributed by atoms with E-state index in [2.05, 4.69) is 0 Å². The van der Waals surface area contributed by atoms with Crippen LogP contribution in [0.5, 0.6) is 0 Å². The highest BCUT2D eigenvalue weighted by molar-refractivity contribution is 5.72. The fraction of sp³-hybridized carbons (Fsp3) is 0.500. The third-order valence-electron chi connectivity index (χ3n) is 9.92. The number of amides is 3. The molecule has 0 atom stereocenters. The van der Waals surface area contributed by atoms with Crippen molar-refractivity contribution in [2.24, 2.45) is 0 Å². The van der Waals surface area contributed by atoms with Gasteiger partial charge in [-0.3, -0.25) is 28.9 Å². The Morgan fingerprint density at radius 1 is 0.409 bits per heavy atom. The lowest BCUT2D eigenvalue weighted by molar-refractivity contribution is -0.190. The molecule has 0 aliphatic heterocycles. The molecule has 3 amide bonds. The van der Waals surface area contributed by atoms with Gasteiger partial charge >= 0.3 is 0 Å². The molecule has 0 saturated heterocycles. The van der Waals surface area contributed by atoms with Gasteiger partial charge < -0.3 is 28.9 Å². The van der Waals surface area contributed by atoms with Crippen molar-refractivity contribution >= 4 is 35.6 Å². The maximum atomic E-state index is 12.2. The van der Waals surface area contributed by atoms with Crippen LogP contribution in [-0.4, -0.2) is 129 Å². The van der Waals surface area contributed by atoms with Crippen molar-refractivity contribution in [1.29, 1.82) is 0 Å². The number of nitrogens with zero attached hydrogens (tertiary/aromatic N) is 9. The first-order valence-corrected chi connectivity index (χ1v) is 22.5. The van der Waals surface area contributed by atoms with E-state index in [-0.39, 0.29) is 37.9 Å². The molecule has 0 aliphatic rings. The third-order valence-corrected chi connectivity index (χ3v) is 9.92. The van der Waals surface area contributed by atoms with Crippen LogP contribution in [0.3, 0.4) is 0 Å². The summed E-state index contributed by atoms with van der Waals surface area (Å²) in [6.07, 6.45) is 4.22. The number of carbonyl (C=O) groups is 3. The number of hydroxylamine groups is 6. The predicted octanol–water partition coefficient (Wildman–Crippen LogP) is 6.38. The summed E-state index contributed by atoms with van der Waals surface area (Å²) < 4.78 is 18.0. The van der Waals surface area contributed by atoms with Crippen molar-refractivity contribution in [3.8, 4) is 0 Å². The van der Waals surface area contributed by atoms with Gasteiger partial charge in [0.1, 0.15) is 40.0 Å². The van der Waals surface area contributed by atoms with E-state index in [1.807, 2.05) is 112 Å². The summed E-state index contributed by atoms with van der Waals surface area (Å²) in [6, 6.07) is 29.2. The molecule has 18 heteroatoms. The molecule has 66 heavy (non-hydrogen) atoms. The van der Waals surface area contributed by atoms with Crippen molar-refractivity contribution in [3.05, 3.63) is 108 Å². The van der Waals surface area contributed by atoms with Gasteiger partial charge in [0.2, 0.25) is 35.6 Å². The van der Waals surface area contributed by atoms with Crippen molar-refractivity contribution in [3.63, 3.8) is 0 Å². The predicted molar refractivity (Wildman–Crippen MR) is 251 cm³/mol. The quantitative estimate of drug-likeness (QED) is 0.0293. The first kappa shape index (κ1) is 52.9. The fourth-order valence-corrected chi connectivity index (χ4v) is 6.13. The summed E-state index contributed by atoms with van der Waals surface area (Å²) >= 11 is 0. The number of ether oxygens (including phenoxy) is 3. The number of unbranched alkanes of at least 4 members (excludes halogenated alkanes) is 3. The Bertz CT molecular complexity index is 1740. The van der Waals surface area contributed by atoms with E-state index < -0.39 is 0 Å². The van der Waals surface area contributed by atoms with Gasteiger partial charge in [-0.15, -0.1) is 0 Å². The standard InChI is InChI=1S/C48H69N9O9/c1-40(58)55(64-34-43-22-10-7-11-23-43)28-16-19-31-61-37-52(4)46-49-47(53(5)38-62-32-20-17-29-56(41(2)59)65-35-44-24-12-8-13-25-44)51-48(50-46)54(6)39-63-33-21-18-30-57(42(3)60)66-36-45-26-14-9-15-27-45/h7-15,22-27H,16-21,28-39H2,1-6H3. The Morgan fingerprint density at radius 2 is 0.667 bits per heavy atom. The summed E-state index contributed by atoms with van der Waals surface area (Å²) in [7, 11) is 5.52. The van der Waals surface area contributed by atoms with E-state index in [0.717, 1.165) is 16.7 Å². The van der Waals surface area contributed by atoms with Crippen LogP contribution in [0.25, 0.3) is 0 Å². The number of rotatable bonds is 33. The van der Waals surface area contributed by atoms with Crippen LogP contribution in [0.15, 0.2) is 91.0 Å². The average molecular weight is 916 g/mol. The van der Waals surface area contributed by atoms with Gasteiger partial charge in [0.25, 0.3) is 0 Å². The minimum atomic E-state index is -0.152. The van der Waals surface area contributed by atoms with Crippen molar-refractivity contribution in [2.75, 3.05) is 95.5 Å². The molecular weight excluding hydrogens is 847 g/mol. The molecule has 0 unspecified atom stereocenters. The zero-order chi connectivity index (χ0) is 47.4. The lowest BCUT2D eigenvalue weighted by Gasteiger charge is -2.24. The van der Waals surface area contributed by atoms with Gasteiger partial charge in [0.05, 0.1) is 0 Å². The Hall–Kier alpha value is -5.76. The number of aromatic nitrogens is 3. The zero-order valence-corrected chi connectivity index (χ0v) is 39.6.